The van der Waals surface area contributed by atoms with Gasteiger partial charge in [0.1, 0.15) is 0 Å². The molecular weight excluding hydrogens is 302 g/mol. The van der Waals surface area contributed by atoms with Crippen LogP contribution in [0.25, 0.3) is 0 Å². The first-order valence-corrected chi connectivity index (χ1v) is 7.52. The molecule has 0 aliphatic heterocycles. The summed E-state index contributed by atoms with van der Waals surface area (Å²) in [6.45, 7) is 2.53. The first-order chi connectivity index (χ1) is 10.2. The summed E-state index contributed by atoms with van der Waals surface area (Å²) in [5.74, 6) is 1.09. The molecule has 1 aromatic carbocycles. The molecule has 120 valence electrons. The fourth-order valence-corrected chi connectivity index (χ4v) is 2.88. The number of nitrogens with zero attached hydrogens (tertiary/aromatic N) is 2. The van der Waals surface area contributed by atoms with Crippen molar-refractivity contribution in [2.45, 2.75) is 44.2 Å². The predicted octanol–water partition coefficient (Wildman–Crippen LogP) is 3.35. The van der Waals surface area contributed by atoms with Crippen LogP contribution in [0.2, 0.25) is 0 Å². The average Bonchev–Trinajstić information content (AvgIpc) is 3.16. The van der Waals surface area contributed by atoms with Crippen LogP contribution in [-0.4, -0.2) is 16.7 Å². The highest BCUT2D eigenvalue weighted by molar-refractivity contribution is 5.85. The summed E-state index contributed by atoms with van der Waals surface area (Å²) in [6.07, 6.45) is 3.73. The van der Waals surface area contributed by atoms with E-state index in [0.717, 1.165) is 31.2 Å². The van der Waals surface area contributed by atoms with Gasteiger partial charge in [0.15, 0.2) is 11.9 Å². The lowest BCUT2D eigenvalue weighted by Gasteiger charge is -2.18. The third-order valence-corrected chi connectivity index (χ3v) is 4.04. The molecule has 0 spiro atoms. The molecule has 1 saturated carbocycles. The van der Waals surface area contributed by atoms with Crippen molar-refractivity contribution in [2.24, 2.45) is 5.73 Å². The lowest BCUT2D eigenvalue weighted by atomic mass is 9.98. The minimum atomic E-state index is -0.435. The Morgan fingerprint density at radius 1 is 1.27 bits per heavy atom. The smallest absolute Gasteiger partial charge is 0.260 e. The normalized spacial score (nSPS) is 17.9. The van der Waals surface area contributed by atoms with Crippen molar-refractivity contribution < 1.29 is 9.26 Å². The van der Waals surface area contributed by atoms with Crippen LogP contribution in [0.3, 0.4) is 0 Å². The van der Waals surface area contributed by atoms with Gasteiger partial charge >= 0.3 is 0 Å². The Balaban J connectivity index is 0.00000176. The van der Waals surface area contributed by atoms with Crippen molar-refractivity contribution >= 4 is 12.4 Å². The monoisotopic (exact) mass is 323 g/mol. The molecule has 2 aromatic rings. The van der Waals surface area contributed by atoms with E-state index in [0.29, 0.717) is 18.3 Å². The molecule has 6 heteroatoms. The third kappa shape index (κ3) is 3.32. The molecule has 0 amide bonds. The number of rotatable bonds is 5. The second-order valence-electron chi connectivity index (χ2n) is 5.57. The van der Waals surface area contributed by atoms with Crippen molar-refractivity contribution in [3.05, 3.63) is 47.6 Å². The topological polar surface area (TPSA) is 74.2 Å². The van der Waals surface area contributed by atoms with Crippen LogP contribution in [0.5, 0.6) is 0 Å². The average molecular weight is 324 g/mol. The molecule has 1 fully saturated rings. The third-order valence-electron chi connectivity index (χ3n) is 4.04. The second-order valence-corrected chi connectivity index (χ2v) is 5.57. The van der Waals surface area contributed by atoms with Crippen LogP contribution < -0.4 is 5.73 Å². The molecule has 2 N–H and O–H groups in total. The molecule has 22 heavy (non-hydrogen) atoms. The summed E-state index contributed by atoms with van der Waals surface area (Å²) in [7, 11) is 0. The first-order valence-electron chi connectivity index (χ1n) is 7.52. The van der Waals surface area contributed by atoms with Gasteiger partial charge in [-0.25, -0.2) is 0 Å². The van der Waals surface area contributed by atoms with Crippen molar-refractivity contribution in [3.63, 3.8) is 0 Å². The molecule has 1 atom stereocenters. The fraction of sp³-hybridized carbons (Fsp3) is 0.500. The minimum absolute atomic E-state index is 0. The molecule has 1 aliphatic rings. The maximum Gasteiger partial charge on any atom is 0.260 e. The van der Waals surface area contributed by atoms with E-state index < -0.39 is 5.54 Å². The molecule has 0 bridgehead atoms. The van der Waals surface area contributed by atoms with Gasteiger partial charge in [0.2, 0.25) is 0 Å². The van der Waals surface area contributed by atoms with E-state index in [4.69, 9.17) is 15.0 Å². The standard InChI is InChI=1S/C16H21N3O2.ClH/c1-2-20-13(12-8-4-3-5-9-12)14-18-15(19-21-14)16(17)10-6-7-11-16;/h3-5,8-9,13H,2,6-7,10-11,17H2,1H3;1H. The number of hydrogen-bond acceptors (Lipinski definition) is 5. The van der Waals surface area contributed by atoms with Gasteiger partial charge in [0.05, 0.1) is 5.54 Å². The van der Waals surface area contributed by atoms with E-state index in [2.05, 4.69) is 10.1 Å². The van der Waals surface area contributed by atoms with Crippen LogP contribution in [0.1, 0.15) is 56.0 Å². The highest BCUT2D eigenvalue weighted by Crippen LogP contribution is 2.35. The Hall–Kier alpha value is -1.43. The van der Waals surface area contributed by atoms with E-state index >= 15 is 0 Å². The van der Waals surface area contributed by atoms with E-state index in [9.17, 15) is 0 Å². The number of ether oxygens (including phenoxy) is 1. The highest BCUT2D eigenvalue weighted by atomic mass is 35.5. The quantitative estimate of drug-likeness (QED) is 0.913. The fourth-order valence-electron chi connectivity index (χ4n) is 2.88. The maximum atomic E-state index is 6.38. The summed E-state index contributed by atoms with van der Waals surface area (Å²) in [5, 5.41) is 4.11. The summed E-state index contributed by atoms with van der Waals surface area (Å²) in [5.41, 5.74) is 6.95. The van der Waals surface area contributed by atoms with Crippen molar-refractivity contribution in [1.29, 1.82) is 0 Å². The molecule has 5 nitrogen and oxygen atoms in total. The van der Waals surface area contributed by atoms with Gasteiger partial charge in [0, 0.05) is 6.61 Å². The largest absolute Gasteiger partial charge is 0.364 e. The van der Waals surface area contributed by atoms with E-state index in [1.54, 1.807) is 0 Å². The lowest BCUT2D eigenvalue weighted by Crippen LogP contribution is -2.34. The second kappa shape index (κ2) is 7.22. The predicted molar refractivity (Wildman–Crippen MR) is 85.8 cm³/mol. The zero-order valence-electron chi connectivity index (χ0n) is 12.7. The van der Waals surface area contributed by atoms with Gasteiger partial charge in [0.25, 0.3) is 5.89 Å². The van der Waals surface area contributed by atoms with Gasteiger partial charge in [-0.05, 0) is 25.3 Å². The Labute approximate surface area is 136 Å². The van der Waals surface area contributed by atoms with Crippen LogP contribution in [0.4, 0.5) is 0 Å². The number of benzene rings is 1. The Morgan fingerprint density at radius 3 is 2.59 bits per heavy atom. The van der Waals surface area contributed by atoms with Gasteiger partial charge in [-0.2, -0.15) is 4.98 Å². The SMILES string of the molecule is CCOC(c1ccccc1)c1nc(C2(N)CCCC2)no1.Cl. The Morgan fingerprint density at radius 2 is 1.95 bits per heavy atom. The number of halogens is 1. The molecule has 1 heterocycles. The van der Waals surface area contributed by atoms with Gasteiger partial charge < -0.3 is 15.0 Å². The molecule has 0 radical (unpaired) electrons. The number of hydrogen-bond donors (Lipinski definition) is 1. The Bertz CT molecular complexity index is 582. The summed E-state index contributed by atoms with van der Waals surface area (Å²) in [4.78, 5) is 4.53. The van der Waals surface area contributed by atoms with Gasteiger partial charge in [-0.3, -0.25) is 0 Å². The molecular formula is C16H22ClN3O2. The van der Waals surface area contributed by atoms with Crippen molar-refractivity contribution in [3.8, 4) is 0 Å². The van der Waals surface area contributed by atoms with E-state index in [-0.39, 0.29) is 18.5 Å². The van der Waals surface area contributed by atoms with Gasteiger partial charge in [-0.15, -0.1) is 12.4 Å². The molecule has 1 aliphatic carbocycles. The summed E-state index contributed by atoms with van der Waals surface area (Å²) < 4.78 is 11.2. The van der Waals surface area contributed by atoms with E-state index in [1.165, 1.54) is 0 Å². The van der Waals surface area contributed by atoms with Crippen LogP contribution in [0.15, 0.2) is 34.9 Å². The van der Waals surface area contributed by atoms with Crippen LogP contribution in [-0.2, 0) is 10.3 Å². The zero-order chi connectivity index (χ0) is 14.7. The zero-order valence-corrected chi connectivity index (χ0v) is 13.5. The molecule has 0 saturated heterocycles. The Kier molecular flexibility index (Phi) is 5.56. The number of aromatic nitrogens is 2. The first kappa shape index (κ1) is 16.9. The van der Waals surface area contributed by atoms with Crippen LogP contribution >= 0.6 is 12.4 Å². The molecule has 3 rings (SSSR count). The molecule has 1 unspecified atom stereocenters. The highest BCUT2D eigenvalue weighted by Gasteiger charge is 2.37. The maximum absolute atomic E-state index is 6.38. The van der Waals surface area contributed by atoms with Crippen LogP contribution in [0, 0.1) is 0 Å². The van der Waals surface area contributed by atoms with E-state index in [1.807, 2.05) is 37.3 Å². The summed E-state index contributed by atoms with van der Waals surface area (Å²) in [6, 6.07) is 9.91. The minimum Gasteiger partial charge on any atom is -0.364 e. The number of nitrogens with two attached hydrogens (primary N) is 1. The van der Waals surface area contributed by atoms with Crippen molar-refractivity contribution in [1.82, 2.24) is 10.1 Å². The molecule has 1 aromatic heterocycles. The van der Waals surface area contributed by atoms with Gasteiger partial charge in [-0.1, -0.05) is 48.3 Å². The summed E-state index contributed by atoms with van der Waals surface area (Å²) >= 11 is 0. The van der Waals surface area contributed by atoms with Crippen molar-refractivity contribution in [2.75, 3.05) is 6.61 Å². The lowest BCUT2D eigenvalue weighted by molar-refractivity contribution is 0.0667.